The molecule has 1 saturated heterocycles. The number of piperidine rings is 1. The van der Waals surface area contributed by atoms with Crippen LogP contribution in [0.2, 0.25) is 0 Å². The Bertz CT molecular complexity index is 703. The van der Waals surface area contributed by atoms with Gasteiger partial charge in [0.25, 0.3) is 10.2 Å². The number of aryl methyl sites for hydroxylation is 1. The van der Waals surface area contributed by atoms with E-state index in [1.807, 2.05) is 38.1 Å². The number of carbonyl (C=O) groups excluding carboxylic acids is 1. The molecular formula is C18H29N3O3S. The first kappa shape index (κ1) is 19.9. The molecule has 7 heteroatoms. The van der Waals surface area contributed by atoms with E-state index in [0.717, 1.165) is 24.0 Å². The van der Waals surface area contributed by atoms with E-state index in [2.05, 4.69) is 5.32 Å². The zero-order valence-corrected chi connectivity index (χ0v) is 16.3. The van der Waals surface area contributed by atoms with Crippen molar-refractivity contribution < 1.29 is 13.2 Å². The summed E-state index contributed by atoms with van der Waals surface area (Å²) in [7, 11) is -0.436. The molecule has 1 aliphatic rings. The average molecular weight is 368 g/mol. The molecule has 0 aliphatic carbocycles. The SMILES string of the molecule is CC[C@H](NC(=O)[C@H]1CCCN(S(=O)(=O)N(C)C)C1)c1ccccc1C. The Morgan fingerprint density at radius 3 is 2.64 bits per heavy atom. The molecule has 6 nitrogen and oxygen atoms in total. The van der Waals surface area contributed by atoms with Crippen LogP contribution in [-0.2, 0) is 15.0 Å². The Kier molecular flexibility index (Phi) is 6.59. The molecular weight excluding hydrogens is 338 g/mol. The van der Waals surface area contributed by atoms with Crippen LogP contribution in [0.1, 0.15) is 43.4 Å². The topological polar surface area (TPSA) is 69.7 Å². The normalized spacial score (nSPS) is 20.4. The lowest BCUT2D eigenvalue weighted by Crippen LogP contribution is -2.49. The Hall–Kier alpha value is -1.44. The van der Waals surface area contributed by atoms with Crippen LogP contribution in [-0.4, -0.2) is 50.1 Å². The van der Waals surface area contributed by atoms with E-state index in [4.69, 9.17) is 0 Å². The second kappa shape index (κ2) is 8.29. The van der Waals surface area contributed by atoms with E-state index in [1.54, 1.807) is 0 Å². The second-order valence-corrected chi connectivity index (χ2v) is 8.96. The highest BCUT2D eigenvalue weighted by atomic mass is 32.2. The highest BCUT2D eigenvalue weighted by molar-refractivity contribution is 7.86. The summed E-state index contributed by atoms with van der Waals surface area (Å²) in [6.45, 7) is 4.80. The molecule has 0 saturated carbocycles. The molecule has 2 atom stereocenters. The van der Waals surface area contributed by atoms with Gasteiger partial charge in [-0.25, -0.2) is 0 Å². The van der Waals surface area contributed by atoms with Gasteiger partial charge in [-0.1, -0.05) is 31.2 Å². The van der Waals surface area contributed by atoms with Crippen LogP contribution >= 0.6 is 0 Å². The predicted molar refractivity (Wildman–Crippen MR) is 99.3 cm³/mol. The van der Waals surface area contributed by atoms with Crippen molar-refractivity contribution >= 4 is 16.1 Å². The molecule has 0 radical (unpaired) electrons. The van der Waals surface area contributed by atoms with Gasteiger partial charge in [0, 0.05) is 27.2 Å². The molecule has 25 heavy (non-hydrogen) atoms. The molecule has 1 aromatic rings. The summed E-state index contributed by atoms with van der Waals surface area (Å²) >= 11 is 0. The summed E-state index contributed by atoms with van der Waals surface area (Å²) < 4.78 is 27.3. The van der Waals surface area contributed by atoms with Gasteiger partial charge in [0.2, 0.25) is 5.91 Å². The fourth-order valence-corrected chi connectivity index (χ4v) is 4.45. The summed E-state index contributed by atoms with van der Waals surface area (Å²) in [5.74, 6) is -0.365. The van der Waals surface area contributed by atoms with Crippen molar-refractivity contribution in [2.75, 3.05) is 27.2 Å². The summed E-state index contributed by atoms with van der Waals surface area (Å²) in [5, 5.41) is 3.12. The average Bonchev–Trinajstić information content (AvgIpc) is 2.60. The van der Waals surface area contributed by atoms with Crippen molar-refractivity contribution in [1.29, 1.82) is 0 Å². The van der Waals surface area contributed by atoms with Gasteiger partial charge in [-0.15, -0.1) is 0 Å². The number of nitrogens with zero attached hydrogens (tertiary/aromatic N) is 2. The fraction of sp³-hybridized carbons (Fsp3) is 0.611. The molecule has 1 N–H and O–H groups in total. The van der Waals surface area contributed by atoms with Crippen molar-refractivity contribution in [3.05, 3.63) is 35.4 Å². The predicted octanol–water partition coefficient (Wildman–Crippen LogP) is 2.08. The lowest BCUT2D eigenvalue weighted by Gasteiger charge is -2.33. The molecule has 1 fully saturated rings. The Morgan fingerprint density at radius 1 is 1.36 bits per heavy atom. The van der Waals surface area contributed by atoms with E-state index in [0.29, 0.717) is 13.0 Å². The molecule has 1 aliphatic heterocycles. The first-order valence-corrected chi connectivity index (χ1v) is 10.2. The van der Waals surface area contributed by atoms with Gasteiger partial charge in [-0.2, -0.15) is 17.0 Å². The summed E-state index contributed by atoms with van der Waals surface area (Å²) in [4.78, 5) is 12.7. The van der Waals surface area contributed by atoms with Crippen LogP contribution in [0.4, 0.5) is 0 Å². The van der Waals surface area contributed by atoms with Crippen LogP contribution in [0.5, 0.6) is 0 Å². The number of carbonyl (C=O) groups is 1. The number of amides is 1. The van der Waals surface area contributed by atoms with Crippen molar-refractivity contribution in [2.45, 2.75) is 39.2 Å². The first-order chi connectivity index (χ1) is 11.8. The van der Waals surface area contributed by atoms with Crippen LogP contribution in [0, 0.1) is 12.8 Å². The van der Waals surface area contributed by atoms with Gasteiger partial charge < -0.3 is 5.32 Å². The molecule has 1 amide bonds. The van der Waals surface area contributed by atoms with Gasteiger partial charge in [-0.3, -0.25) is 4.79 Å². The Morgan fingerprint density at radius 2 is 2.04 bits per heavy atom. The van der Waals surface area contributed by atoms with Gasteiger partial charge in [-0.05, 0) is 37.3 Å². The standard InChI is InChI=1S/C18H29N3O3S/c1-5-17(16-11-7-6-9-14(16)2)19-18(22)15-10-8-12-21(13-15)25(23,24)20(3)4/h6-7,9,11,15,17H,5,8,10,12-13H2,1-4H3,(H,19,22)/t15-,17-/m0/s1. The van der Waals surface area contributed by atoms with Crippen molar-refractivity contribution in [3.63, 3.8) is 0 Å². The van der Waals surface area contributed by atoms with E-state index in [-0.39, 0.29) is 24.4 Å². The number of benzene rings is 1. The molecule has 1 aromatic carbocycles. The quantitative estimate of drug-likeness (QED) is 0.837. The highest BCUT2D eigenvalue weighted by Crippen LogP contribution is 2.24. The van der Waals surface area contributed by atoms with Crippen molar-refractivity contribution in [3.8, 4) is 0 Å². The number of hydrogen-bond acceptors (Lipinski definition) is 3. The maximum absolute atomic E-state index is 12.7. The lowest BCUT2D eigenvalue weighted by molar-refractivity contribution is -0.126. The minimum absolute atomic E-state index is 0.0467. The molecule has 140 valence electrons. The van der Waals surface area contributed by atoms with Crippen LogP contribution < -0.4 is 5.32 Å². The zero-order chi connectivity index (χ0) is 18.6. The van der Waals surface area contributed by atoms with Crippen LogP contribution in [0.25, 0.3) is 0 Å². The largest absolute Gasteiger partial charge is 0.349 e. The summed E-state index contributed by atoms with van der Waals surface area (Å²) in [5.41, 5.74) is 2.27. The third-order valence-electron chi connectivity index (χ3n) is 4.83. The summed E-state index contributed by atoms with van der Waals surface area (Å²) in [6, 6.07) is 7.99. The fourth-order valence-electron chi connectivity index (χ4n) is 3.26. The number of rotatable bonds is 6. The van der Waals surface area contributed by atoms with Crippen molar-refractivity contribution in [1.82, 2.24) is 13.9 Å². The van der Waals surface area contributed by atoms with E-state index in [1.165, 1.54) is 22.7 Å². The molecule has 1 heterocycles. The van der Waals surface area contributed by atoms with Gasteiger partial charge >= 0.3 is 0 Å². The second-order valence-electron chi connectivity index (χ2n) is 6.81. The lowest BCUT2D eigenvalue weighted by atomic mass is 9.95. The molecule has 0 spiro atoms. The molecule has 0 aromatic heterocycles. The zero-order valence-electron chi connectivity index (χ0n) is 15.5. The minimum atomic E-state index is -3.47. The first-order valence-electron chi connectivity index (χ1n) is 8.80. The van der Waals surface area contributed by atoms with E-state index < -0.39 is 10.2 Å². The summed E-state index contributed by atoms with van der Waals surface area (Å²) in [6.07, 6.45) is 2.21. The maximum atomic E-state index is 12.7. The third kappa shape index (κ3) is 4.59. The van der Waals surface area contributed by atoms with Crippen molar-refractivity contribution in [2.24, 2.45) is 5.92 Å². The third-order valence-corrected chi connectivity index (χ3v) is 6.74. The Balaban J connectivity index is 2.08. The van der Waals surface area contributed by atoms with Crippen LogP contribution in [0.3, 0.4) is 0 Å². The van der Waals surface area contributed by atoms with E-state index >= 15 is 0 Å². The smallest absolute Gasteiger partial charge is 0.281 e. The van der Waals surface area contributed by atoms with Gasteiger partial charge in [0.1, 0.15) is 0 Å². The molecule has 0 bridgehead atoms. The van der Waals surface area contributed by atoms with E-state index in [9.17, 15) is 13.2 Å². The molecule has 2 rings (SSSR count). The highest BCUT2D eigenvalue weighted by Gasteiger charge is 2.34. The van der Waals surface area contributed by atoms with Crippen LogP contribution in [0.15, 0.2) is 24.3 Å². The number of nitrogens with one attached hydrogen (secondary N) is 1. The number of hydrogen-bond donors (Lipinski definition) is 1. The maximum Gasteiger partial charge on any atom is 0.281 e. The monoisotopic (exact) mass is 367 g/mol. The Labute approximate surface area is 151 Å². The minimum Gasteiger partial charge on any atom is -0.349 e. The molecule has 0 unspecified atom stereocenters. The van der Waals surface area contributed by atoms with Gasteiger partial charge in [0.05, 0.1) is 12.0 Å². The van der Waals surface area contributed by atoms with Gasteiger partial charge in [0.15, 0.2) is 0 Å².